The molecule has 5 nitrogen and oxygen atoms in total. The van der Waals surface area contributed by atoms with E-state index < -0.39 is 10.0 Å². The summed E-state index contributed by atoms with van der Waals surface area (Å²) >= 11 is 5.84. The lowest BCUT2D eigenvalue weighted by molar-refractivity contribution is -0.120. The lowest BCUT2D eigenvalue weighted by Gasteiger charge is -2.10. The van der Waals surface area contributed by atoms with Gasteiger partial charge in [-0.3, -0.25) is 4.79 Å². The number of hydrogen-bond donors (Lipinski definition) is 2. The molecular formula is C12H17ClN2O3S. The van der Waals surface area contributed by atoms with E-state index in [2.05, 4.69) is 10.0 Å². The monoisotopic (exact) mass is 304 g/mol. The average Bonchev–Trinajstić information content (AvgIpc) is 2.29. The molecule has 0 bridgehead atoms. The zero-order valence-electron chi connectivity index (χ0n) is 11.0. The lowest BCUT2D eigenvalue weighted by Crippen LogP contribution is -2.39. The van der Waals surface area contributed by atoms with Crippen LogP contribution in [-0.2, 0) is 14.8 Å². The van der Waals surface area contributed by atoms with Crippen molar-refractivity contribution in [1.29, 1.82) is 0 Å². The number of hydrogen-bond acceptors (Lipinski definition) is 3. The number of halogens is 1. The Kier molecular flexibility index (Phi) is 5.34. The van der Waals surface area contributed by atoms with Crippen LogP contribution >= 0.6 is 11.6 Å². The van der Waals surface area contributed by atoms with E-state index in [0.717, 1.165) is 0 Å². The largest absolute Gasteiger partial charge is 0.353 e. The van der Waals surface area contributed by atoms with E-state index in [1.807, 2.05) is 0 Å². The molecule has 0 aliphatic carbocycles. The van der Waals surface area contributed by atoms with Gasteiger partial charge in [0.05, 0.1) is 11.4 Å². The van der Waals surface area contributed by atoms with Crippen LogP contribution in [0.1, 0.15) is 19.4 Å². The molecule has 2 N–H and O–H groups in total. The van der Waals surface area contributed by atoms with E-state index in [1.165, 1.54) is 18.2 Å². The van der Waals surface area contributed by atoms with E-state index in [9.17, 15) is 13.2 Å². The van der Waals surface area contributed by atoms with E-state index in [1.54, 1.807) is 20.8 Å². The van der Waals surface area contributed by atoms with E-state index >= 15 is 0 Å². The first-order valence-corrected chi connectivity index (χ1v) is 7.63. The first-order chi connectivity index (χ1) is 8.72. The van der Waals surface area contributed by atoms with Crippen LogP contribution in [0.3, 0.4) is 0 Å². The molecule has 0 saturated heterocycles. The van der Waals surface area contributed by atoms with E-state index in [0.29, 0.717) is 10.6 Å². The molecule has 19 heavy (non-hydrogen) atoms. The maximum Gasteiger partial charge on any atom is 0.241 e. The zero-order valence-corrected chi connectivity index (χ0v) is 12.6. The Balaban J connectivity index is 2.76. The predicted molar refractivity (Wildman–Crippen MR) is 74.7 cm³/mol. The highest BCUT2D eigenvalue weighted by molar-refractivity contribution is 7.89. The Labute approximate surface area is 118 Å². The van der Waals surface area contributed by atoms with Crippen LogP contribution in [-0.4, -0.2) is 26.9 Å². The second-order valence-electron chi connectivity index (χ2n) is 4.46. The van der Waals surface area contributed by atoms with Crippen molar-refractivity contribution in [3.8, 4) is 0 Å². The summed E-state index contributed by atoms with van der Waals surface area (Å²) in [6.45, 7) is 5.03. The molecule has 1 rings (SSSR count). The second kappa shape index (κ2) is 6.36. The number of carbonyl (C=O) groups excluding carboxylic acids is 1. The third kappa shape index (κ3) is 4.81. The summed E-state index contributed by atoms with van der Waals surface area (Å²) in [5, 5.41) is 3.10. The molecule has 0 aromatic heterocycles. The molecule has 0 fully saturated rings. The highest BCUT2D eigenvalue weighted by Crippen LogP contribution is 2.19. The highest BCUT2D eigenvalue weighted by Gasteiger charge is 2.16. The van der Waals surface area contributed by atoms with Crippen LogP contribution in [0.2, 0.25) is 5.02 Å². The highest BCUT2D eigenvalue weighted by atomic mass is 35.5. The molecule has 7 heteroatoms. The predicted octanol–water partition coefficient (Wildman–Crippen LogP) is 1.45. The number of carbonyl (C=O) groups is 1. The van der Waals surface area contributed by atoms with Crippen LogP contribution in [0.4, 0.5) is 0 Å². The molecule has 1 amide bonds. The molecular weight excluding hydrogens is 288 g/mol. The SMILES string of the molecule is Cc1cc(S(=O)(=O)NCC(=O)NC(C)C)ccc1Cl. The van der Waals surface area contributed by atoms with Gasteiger partial charge in [-0.05, 0) is 44.5 Å². The first-order valence-electron chi connectivity index (χ1n) is 5.77. The van der Waals surface area contributed by atoms with Crippen molar-refractivity contribution in [2.75, 3.05) is 6.54 Å². The van der Waals surface area contributed by atoms with Crippen molar-refractivity contribution in [2.24, 2.45) is 0 Å². The molecule has 1 aromatic carbocycles. The maximum absolute atomic E-state index is 12.0. The minimum absolute atomic E-state index is 0.0326. The molecule has 0 heterocycles. The van der Waals surface area contributed by atoms with Crippen molar-refractivity contribution in [3.05, 3.63) is 28.8 Å². The molecule has 0 aliphatic heterocycles. The Bertz CT molecular complexity index is 570. The van der Waals surface area contributed by atoms with Crippen molar-refractivity contribution in [1.82, 2.24) is 10.0 Å². The van der Waals surface area contributed by atoms with Gasteiger partial charge in [0, 0.05) is 11.1 Å². The van der Waals surface area contributed by atoms with Crippen LogP contribution in [0, 0.1) is 6.92 Å². The summed E-state index contributed by atoms with van der Waals surface area (Å²) in [5.74, 6) is -0.371. The quantitative estimate of drug-likeness (QED) is 0.864. The number of aryl methyl sites for hydroxylation is 1. The molecule has 0 unspecified atom stereocenters. The topological polar surface area (TPSA) is 75.3 Å². The van der Waals surface area contributed by atoms with Crippen LogP contribution in [0.25, 0.3) is 0 Å². The lowest BCUT2D eigenvalue weighted by atomic mass is 10.2. The summed E-state index contributed by atoms with van der Waals surface area (Å²) in [6, 6.07) is 4.35. The normalized spacial score (nSPS) is 11.6. The first kappa shape index (κ1) is 15.9. The summed E-state index contributed by atoms with van der Waals surface area (Å²) in [6.07, 6.45) is 0. The molecule has 0 radical (unpaired) electrons. The minimum Gasteiger partial charge on any atom is -0.353 e. The molecule has 0 spiro atoms. The smallest absolute Gasteiger partial charge is 0.241 e. The summed E-state index contributed by atoms with van der Waals surface area (Å²) in [5.41, 5.74) is 0.663. The van der Waals surface area contributed by atoms with Crippen molar-refractivity contribution < 1.29 is 13.2 Å². The van der Waals surface area contributed by atoms with Gasteiger partial charge in [0.25, 0.3) is 0 Å². The molecule has 0 atom stereocenters. The van der Waals surface area contributed by atoms with Crippen LogP contribution < -0.4 is 10.0 Å². The fourth-order valence-corrected chi connectivity index (χ4v) is 2.59. The van der Waals surface area contributed by atoms with Gasteiger partial charge in [0.1, 0.15) is 0 Å². The Morgan fingerprint density at radius 3 is 2.53 bits per heavy atom. The molecule has 1 aromatic rings. The second-order valence-corrected chi connectivity index (χ2v) is 6.63. The molecule has 0 saturated carbocycles. The van der Waals surface area contributed by atoms with Gasteiger partial charge < -0.3 is 5.32 Å². The zero-order chi connectivity index (χ0) is 14.6. The van der Waals surface area contributed by atoms with Gasteiger partial charge in [-0.25, -0.2) is 13.1 Å². The number of amides is 1. The third-order valence-electron chi connectivity index (χ3n) is 2.31. The minimum atomic E-state index is -3.70. The van der Waals surface area contributed by atoms with Gasteiger partial charge in [-0.15, -0.1) is 0 Å². The number of sulfonamides is 1. The van der Waals surface area contributed by atoms with Gasteiger partial charge in [0.2, 0.25) is 15.9 Å². The third-order valence-corrected chi connectivity index (χ3v) is 4.14. The number of rotatable bonds is 5. The van der Waals surface area contributed by atoms with Crippen molar-refractivity contribution in [3.63, 3.8) is 0 Å². The van der Waals surface area contributed by atoms with Crippen LogP contribution in [0.5, 0.6) is 0 Å². The van der Waals surface area contributed by atoms with Crippen molar-refractivity contribution in [2.45, 2.75) is 31.7 Å². The fraction of sp³-hybridized carbons (Fsp3) is 0.417. The van der Waals surface area contributed by atoms with E-state index in [-0.39, 0.29) is 23.4 Å². The van der Waals surface area contributed by atoms with Gasteiger partial charge in [0.15, 0.2) is 0 Å². The van der Waals surface area contributed by atoms with E-state index in [4.69, 9.17) is 11.6 Å². The summed E-state index contributed by atoms with van der Waals surface area (Å²) in [7, 11) is -3.70. The van der Waals surface area contributed by atoms with Gasteiger partial charge >= 0.3 is 0 Å². The standard InChI is InChI=1S/C12H17ClN2O3S/c1-8(2)15-12(16)7-14-19(17,18)10-4-5-11(13)9(3)6-10/h4-6,8,14H,7H2,1-3H3,(H,15,16). The van der Waals surface area contributed by atoms with Crippen LogP contribution in [0.15, 0.2) is 23.1 Å². The van der Waals surface area contributed by atoms with Crippen molar-refractivity contribution >= 4 is 27.5 Å². The Morgan fingerprint density at radius 1 is 1.37 bits per heavy atom. The molecule has 106 valence electrons. The number of benzene rings is 1. The van der Waals surface area contributed by atoms with Gasteiger partial charge in [-0.2, -0.15) is 0 Å². The Hall–Kier alpha value is -1.11. The summed E-state index contributed by atoms with van der Waals surface area (Å²) < 4.78 is 26.1. The average molecular weight is 305 g/mol. The fourth-order valence-electron chi connectivity index (χ4n) is 1.40. The van der Waals surface area contributed by atoms with Gasteiger partial charge in [-0.1, -0.05) is 11.6 Å². The summed E-state index contributed by atoms with van der Waals surface area (Å²) in [4.78, 5) is 11.5. The molecule has 0 aliphatic rings. The number of nitrogens with one attached hydrogen (secondary N) is 2. The Morgan fingerprint density at radius 2 is 2.00 bits per heavy atom. The maximum atomic E-state index is 12.0.